The van der Waals surface area contributed by atoms with E-state index in [1.54, 1.807) is 0 Å². The zero-order valence-electron chi connectivity index (χ0n) is 5.42. The van der Waals surface area contributed by atoms with Gasteiger partial charge in [0.2, 0.25) is 4.38 Å². The van der Waals surface area contributed by atoms with Gasteiger partial charge < -0.3 is 4.74 Å². The van der Waals surface area contributed by atoms with Crippen LogP contribution in [0.4, 0.5) is 0 Å². The molecule has 0 aromatic rings. The highest BCUT2D eigenvalue weighted by Gasteiger charge is 1.89. The number of hydrogen-bond donors (Lipinski definition) is 0. The average molecular weight is 162 g/mol. The van der Waals surface area contributed by atoms with Crippen molar-refractivity contribution in [3.63, 3.8) is 0 Å². The van der Waals surface area contributed by atoms with Crippen molar-refractivity contribution in [3.05, 3.63) is 12.7 Å². The summed E-state index contributed by atoms with van der Waals surface area (Å²) in [5.74, 6) is 0. The van der Waals surface area contributed by atoms with Gasteiger partial charge in [-0.15, -0.1) is 6.58 Å². The van der Waals surface area contributed by atoms with Crippen molar-refractivity contribution in [1.29, 1.82) is 0 Å². The van der Waals surface area contributed by atoms with E-state index < -0.39 is 0 Å². The molecule has 0 fully saturated rings. The second-order valence-corrected chi connectivity index (χ2v) is 2.79. The van der Waals surface area contributed by atoms with Gasteiger partial charge in [0.1, 0.15) is 0 Å². The van der Waals surface area contributed by atoms with Gasteiger partial charge in [-0.05, 0) is 24.9 Å². The summed E-state index contributed by atoms with van der Waals surface area (Å²) in [5.41, 5.74) is 0. The number of ether oxygens (including phenoxy) is 1. The summed E-state index contributed by atoms with van der Waals surface area (Å²) in [6.07, 6.45) is 4.57. The van der Waals surface area contributed by atoms with Crippen LogP contribution in [0.5, 0.6) is 0 Å². The van der Waals surface area contributed by atoms with Crippen molar-refractivity contribution in [2.45, 2.75) is 6.42 Å². The Balaban J connectivity index is 3.06. The molecule has 0 heterocycles. The molecule has 52 valence electrons. The van der Waals surface area contributed by atoms with E-state index >= 15 is 0 Å². The third kappa shape index (κ3) is 5.86. The topological polar surface area (TPSA) is 9.23 Å². The number of thioether (sulfide) groups is 1. The maximum absolute atomic E-state index is 5.05. The van der Waals surface area contributed by atoms with Crippen LogP contribution in [0.1, 0.15) is 6.42 Å². The van der Waals surface area contributed by atoms with Gasteiger partial charge in [-0.2, -0.15) is 0 Å². The fourth-order valence-corrected chi connectivity index (χ4v) is 0.569. The lowest BCUT2D eigenvalue weighted by Crippen LogP contribution is -1.96. The summed E-state index contributed by atoms with van der Waals surface area (Å²) in [6, 6.07) is 0. The molecule has 0 aromatic heterocycles. The zero-order valence-corrected chi connectivity index (χ0v) is 7.06. The molecule has 0 radical (unpaired) electrons. The van der Waals surface area contributed by atoms with Crippen LogP contribution in [0.15, 0.2) is 12.7 Å². The highest BCUT2D eigenvalue weighted by Crippen LogP contribution is 1.99. The van der Waals surface area contributed by atoms with Crippen LogP contribution < -0.4 is 0 Å². The van der Waals surface area contributed by atoms with Gasteiger partial charge in [-0.1, -0.05) is 17.8 Å². The molecule has 0 rings (SSSR count). The van der Waals surface area contributed by atoms with Gasteiger partial charge in [0, 0.05) is 0 Å². The molecule has 0 saturated carbocycles. The monoisotopic (exact) mass is 162 g/mol. The summed E-state index contributed by atoms with van der Waals surface area (Å²) in [5, 5.41) is 0. The predicted molar refractivity (Wildman–Crippen MR) is 46.9 cm³/mol. The largest absolute Gasteiger partial charge is 0.478 e. The van der Waals surface area contributed by atoms with Gasteiger partial charge in [0.05, 0.1) is 6.61 Å². The molecule has 0 aliphatic heterocycles. The summed E-state index contributed by atoms with van der Waals surface area (Å²) < 4.78 is 5.66. The van der Waals surface area contributed by atoms with Crippen LogP contribution in [-0.4, -0.2) is 17.2 Å². The first-order valence-corrected chi connectivity index (χ1v) is 4.26. The second-order valence-electron chi connectivity index (χ2n) is 1.38. The standard InChI is InChI=1S/C6H10OS2/c1-3-4-5-7-6(8)9-2/h3H,1,4-5H2,2H3. The van der Waals surface area contributed by atoms with E-state index in [-0.39, 0.29) is 0 Å². The lowest BCUT2D eigenvalue weighted by atomic mass is 10.5. The van der Waals surface area contributed by atoms with Crippen molar-refractivity contribution in [3.8, 4) is 0 Å². The SMILES string of the molecule is C=CCCOC(=S)SC. The van der Waals surface area contributed by atoms with Crippen molar-refractivity contribution in [2.24, 2.45) is 0 Å². The molecule has 0 spiro atoms. The Bertz CT molecular complexity index is 101. The smallest absolute Gasteiger partial charge is 0.219 e. The molecular weight excluding hydrogens is 152 g/mol. The van der Waals surface area contributed by atoms with Crippen molar-refractivity contribution in [1.82, 2.24) is 0 Å². The lowest BCUT2D eigenvalue weighted by Gasteiger charge is -2.00. The summed E-state index contributed by atoms with van der Waals surface area (Å²) >= 11 is 6.23. The van der Waals surface area contributed by atoms with Crippen LogP contribution in [0.3, 0.4) is 0 Å². The normalized spacial score (nSPS) is 8.56. The Morgan fingerprint density at radius 1 is 1.89 bits per heavy atom. The minimum atomic E-state index is 0.608. The zero-order chi connectivity index (χ0) is 7.11. The molecule has 1 nitrogen and oxygen atoms in total. The van der Waals surface area contributed by atoms with Gasteiger partial charge in [0.15, 0.2) is 0 Å². The van der Waals surface area contributed by atoms with E-state index in [9.17, 15) is 0 Å². The Morgan fingerprint density at radius 3 is 3.00 bits per heavy atom. The first kappa shape index (κ1) is 8.98. The van der Waals surface area contributed by atoms with E-state index in [0.717, 1.165) is 6.42 Å². The van der Waals surface area contributed by atoms with Crippen LogP contribution in [-0.2, 0) is 4.74 Å². The van der Waals surface area contributed by atoms with E-state index in [1.807, 2.05) is 12.3 Å². The molecule has 0 atom stereocenters. The van der Waals surface area contributed by atoms with Gasteiger partial charge in [0.25, 0.3) is 0 Å². The third-order valence-electron chi connectivity index (χ3n) is 0.709. The van der Waals surface area contributed by atoms with Gasteiger partial charge in [-0.25, -0.2) is 0 Å². The summed E-state index contributed by atoms with van der Waals surface area (Å²) in [7, 11) is 0. The molecule has 0 bridgehead atoms. The Hall–Kier alpha value is -0.0200. The first-order chi connectivity index (χ1) is 4.31. The fourth-order valence-electron chi connectivity index (χ4n) is 0.285. The maximum Gasteiger partial charge on any atom is 0.219 e. The van der Waals surface area contributed by atoms with Crippen molar-refractivity contribution in [2.75, 3.05) is 12.9 Å². The lowest BCUT2D eigenvalue weighted by molar-refractivity contribution is 0.330. The summed E-state index contributed by atoms with van der Waals surface area (Å²) in [4.78, 5) is 0. The Labute approximate surface area is 65.5 Å². The Morgan fingerprint density at radius 2 is 2.56 bits per heavy atom. The van der Waals surface area contributed by atoms with Crippen molar-refractivity contribution >= 4 is 28.4 Å². The number of hydrogen-bond acceptors (Lipinski definition) is 3. The first-order valence-electron chi connectivity index (χ1n) is 2.63. The molecular formula is C6H10OS2. The molecule has 9 heavy (non-hydrogen) atoms. The molecule has 3 heteroatoms. The second kappa shape index (κ2) is 6.11. The third-order valence-corrected chi connectivity index (χ3v) is 1.78. The van der Waals surface area contributed by atoms with Gasteiger partial charge >= 0.3 is 0 Å². The molecule has 0 aromatic carbocycles. The van der Waals surface area contributed by atoms with E-state index in [4.69, 9.17) is 17.0 Å². The molecule has 0 aliphatic carbocycles. The molecule has 0 aliphatic rings. The van der Waals surface area contributed by atoms with E-state index in [0.29, 0.717) is 11.0 Å². The number of thiocarbonyl (C=S) groups is 1. The molecule has 0 saturated heterocycles. The predicted octanol–water partition coefficient (Wildman–Crippen LogP) is 2.23. The highest BCUT2D eigenvalue weighted by molar-refractivity contribution is 8.22. The average Bonchev–Trinajstić information content (AvgIpc) is 1.89. The minimum Gasteiger partial charge on any atom is -0.478 e. The molecule has 0 N–H and O–H groups in total. The van der Waals surface area contributed by atoms with E-state index in [2.05, 4.69) is 6.58 Å². The Kier molecular flexibility index (Phi) is 6.09. The van der Waals surface area contributed by atoms with Crippen LogP contribution >= 0.6 is 24.0 Å². The highest BCUT2D eigenvalue weighted by atomic mass is 32.2. The number of rotatable bonds is 3. The summed E-state index contributed by atoms with van der Waals surface area (Å²) in [6.45, 7) is 4.21. The van der Waals surface area contributed by atoms with Crippen LogP contribution in [0, 0.1) is 0 Å². The molecule has 0 unspecified atom stereocenters. The quantitative estimate of drug-likeness (QED) is 0.358. The molecule has 0 amide bonds. The van der Waals surface area contributed by atoms with Gasteiger partial charge in [-0.3, -0.25) is 0 Å². The minimum absolute atomic E-state index is 0.608. The maximum atomic E-state index is 5.05. The fraction of sp³-hybridized carbons (Fsp3) is 0.500. The van der Waals surface area contributed by atoms with Crippen LogP contribution in [0.25, 0.3) is 0 Å². The van der Waals surface area contributed by atoms with E-state index in [1.165, 1.54) is 11.8 Å². The van der Waals surface area contributed by atoms with Crippen LogP contribution in [0.2, 0.25) is 0 Å². The van der Waals surface area contributed by atoms with Crippen molar-refractivity contribution < 1.29 is 4.74 Å².